The molecule has 1 aromatic carbocycles. The van der Waals surface area contributed by atoms with Crippen LogP contribution in [0.3, 0.4) is 0 Å². The van der Waals surface area contributed by atoms with E-state index in [2.05, 4.69) is 19.9 Å². The number of carboxylic acid groups (broad SMARTS) is 1. The smallest absolute Gasteiger partial charge is 0.327 e. The van der Waals surface area contributed by atoms with E-state index in [9.17, 15) is 4.79 Å². The highest BCUT2D eigenvalue weighted by Crippen LogP contribution is 2.23. The molecule has 0 saturated heterocycles. The van der Waals surface area contributed by atoms with Gasteiger partial charge in [0.15, 0.2) is 0 Å². The van der Waals surface area contributed by atoms with Crippen LogP contribution < -0.4 is 4.74 Å². The Hall–Kier alpha value is -1.77. The monoisotopic (exact) mass is 248 g/mol. The lowest BCUT2D eigenvalue weighted by molar-refractivity contribution is -0.131. The molecule has 98 valence electrons. The van der Waals surface area contributed by atoms with Gasteiger partial charge in [-0.3, -0.25) is 0 Å². The standard InChI is InChI=1S/C15H20O3/c1-10-8-12(3)14(9-11(10)2)18-13(4)6-5-7-15(16)17/h5,7-9,13H,6H2,1-4H3,(H,16,17)/b7-5+. The van der Waals surface area contributed by atoms with E-state index in [0.717, 1.165) is 17.4 Å². The molecule has 18 heavy (non-hydrogen) atoms. The molecule has 0 amide bonds. The highest BCUT2D eigenvalue weighted by molar-refractivity contribution is 5.79. The molecular formula is C15H20O3. The highest BCUT2D eigenvalue weighted by atomic mass is 16.5. The van der Waals surface area contributed by atoms with Crippen molar-refractivity contribution in [2.75, 3.05) is 0 Å². The molecule has 0 bridgehead atoms. The van der Waals surface area contributed by atoms with Crippen LogP contribution in [0.15, 0.2) is 24.3 Å². The third-order valence-electron chi connectivity index (χ3n) is 2.85. The molecule has 0 aromatic heterocycles. The van der Waals surface area contributed by atoms with Gasteiger partial charge in [0.05, 0.1) is 6.10 Å². The van der Waals surface area contributed by atoms with Crippen LogP contribution in [0.25, 0.3) is 0 Å². The van der Waals surface area contributed by atoms with Crippen LogP contribution in [-0.4, -0.2) is 17.2 Å². The number of carboxylic acids is 1. The third kappa shape index (κ3) is 4.24. The van der Waals surface area contributed by atoms with Gasteiger partial charge in [-0.2, -0.15) is 0 Å². The number of hydrogen-bond acceptors (Lipinski definition) is 2. The van der Waals surface area contributed by atoms with E-state index in [1.165, 1.54) is 11.1 Å². The first-order valence-electron chi connectivity index (χ1n) is 6.04. The number of aryl methyl sites for hydroxylation is 3. The summed E-state index contributed by atoms with van der Waals surface area (Å²) in [7, 11) is 0. The van der Waals surface area contributed by atoms with Crippen LogP contribution in [-0.2, 0) is 4.79 Å². The van der Waals surface area contributed by atoms with Gasteiger partial charge in [0, 0.05) is 12.5 Å². The predicted octanol–water partition coefficient (Wildman–Crippen LogP) is 3.41. The summed E-state index contributed by atoms with van der Waals surface area (Å²) in [5.74, 6) is -0.0566. The van der Waals surface area contributed by atoms with Gasteiger partial charge in [-0.1, -0.05) is 12.1 Å². The number of ether oxygens (including phenoxy) is 1. The Balaban J connectivity index is 2.67. The topological polar surface area (TPSA) is 46.5 Å². The van der Waals surface area contributed by atoms with Crippen molar-refractivity contribution in [3.05, 3.63) is 41.0 Å². The zero-order valence-electron chi connectivity index (χ0n) is 11.4. The minimum absolute atomic E-state index is 0.0404. The van der Waals surface area contributed by atoms with Gasteiger partial charge in [-0.15, -0.1) is 0 Å². The molecule has 0 aliphatic carbocycles. The van der Waals surface area contributed by atoms with Crippen LogP contribution in [0.2, 0.25) is 0 Å². The third-order valence-corrected chi connectivity index (χ3v) is 2.85. The lowest BCUT2D eigenvalue weighted by atomic mass is 10.1. The van der Waals surface area contributed by atoms with Gasteiger partial charge in [-0.25, -0.2) is 4.79 Å². The van der Waals surface area contributed by atoms with Crippen molar-refractivity contribution in [3.63, 3.8) is 0 Å². The summed E-state index contributed by atoms with van der Waals surface area (Å²) in [4.78, 5) is 10.3. The molecule has 0 spiro atoms. The SMILES string of the molecule is Cc1cc(C)c(OC(C)C/C=C/C(=O)O)cc1C. The number of benzene rings is 1. The maximum atomic E-state index is 10.3. The second-order valence-corrected chi connectivity index (χ2v) is 4.61. The summed E-state index contributed by atoms with van der Waals surface area (Å²) in [5, 5.41) is 8.50. The van der Waals surface area contributed by atoms with Crippen molar-refractivity contribution in [2.45, 2.75) is 40.2 Å². The lowest BCUT2D eigenvalue weighted by Crippen LogP contribution is -2.11. The van der Waals surface area contributed by atoms with Crippen LogP contribution in [0.1, 0.15) is 30.0 Å². The molecular weight excluding hydrogens is 228 g/mol. The summed E-state index contributed by atoms with van der Waals surface area (Å²) >= 11 is 0. The zero-order chi connectivity index (χ0) is 13.7. The quantitative estimate of drug-likeness (QED) is 0.812. The average molecular weight is 248 g/mol. The Morgan fingerprint density at radius 1 is 1.28 bits per heavy atom. The van der Waals surface area contributed by atoms with Gasteiger partial charge in [0.1, 0.15) is 5.75 Å². The Bertz CT molecular complexity index is 461. The van der Waals surface area contributed by atoms with Crippen LogP contribution in [0.5, 0.6) is 5.75 Å². The molecule has 0 fully saturated rings. The number of rotatable bonds is 5. The van der Waals surface area contributed by atoms with Crippen molar-refractivity contribution in [3.8, 4) is 5.75 Å². The van der Waals surface area contributed by atoms with E-state index in [1.54, 1.807) is 6.08 Å². The molecule has 1 rings (SSSR count). The first-order valence-corrected chi connectivity index (χ1v) is 6.04. The minimum atomic E-state index is -0.926. The summed E-state index contributed by atoms with van der Waals surface area (Å²) in [6.07, 6.45) is 3.30. The summed E-state index contributed by atoms with van der Waals surface area (Å²) in [5.41, 5.74) is 3.55. The second-order valence-electron chi connectivity index (χ2n) is 4.61. The molecule has 3 heteroatoms. The van der Waals surface area contributed by atoms with Crippen molar-refractivity contribution >= 4 is 5.97 Å². The molecule has 0 radical (unpaired) electrons. The normalized spacial score (nSPS) is 12.7. The average Bonchev–Trinajstić information content (AvgIpc) is 2.25. The molecule has 1 N–H and O–H groups in total. The molecule has 0 heterocycles. The fraction of sp³-hybridized carbons (Fsp3) is 0.400. The fourth-order valence-electron chi connectivity index (χ4n) is 1.69. The van der Waals surface area contributed by atoms with Crippen LogP contribution in [0.4, 0.5) is 0 Å². The van der Waals surface area contributed by atoms with Gasteiger partial charge >= 0.3 is 5.97 Å². The molecule has 1 unspecified atom stereocenters. The van der Waals surface area contributed by atoms with Crippen molar-refractivity contribution in [2.24, 2.45) is 0 Å². The molecule has 0 aliphatic heterocycles. The van der Waals surface area contributed by atoms with Crippen molar-refractivity contribution in [1.82, 2.24) is 0 Å². The first kappa shape index (κ1) is 14.3. The molecule has 1 atom stereocenters. The zero-order valence-corrected chi connectivity index (χ0v) is 11.4. The summed E-state index contributed by atoms with van der Waals surface area (Å²) < 4.78 is 5.82. The minimum Gasteiger partial charge on any atom is -0.490 e. The Morgan fingerprint density at radius 3 is 2.50 bits per heavy atom. The van der Waals surface area contributed by atoms with Crippen molar-refractivity contribution in [1.29, 1.82) is 0 Å². The lowest BCUT2D eigenvalue weighted by Gasteiger charge is -2.16. The van der Waals surface area contributed by atoms with E-state index in [0.29, 0.717) is 6.42 Å². The van der Waals surface area contributed by atoms with Crippen LogP contribution >= 0.6 is 0 Å². The molecule has 0 aliphatic rings. The molecule has 1 aromatic rings. The Morgan fingerprint density at radius 2 is 1.89 bits per heavy atom. The second kappa shape index (κ2) is 6.24. The number of aliphatic carboxylic acids is 1. The number of hydrogen-bond donors (Lipinski definition) is 1. The fourth-order valence-corrected chi connectivity index (χ4v) is 1.69. The maximum Gasteiger partial charge on any atom is 0.327 e. The maximum absolute atomic E-state index is 10.3. The Labute approximate surface area is 108 Å². The summed E-state index contributed by atoms with van der Waals surface area (Å²) in [6.45, 7) is 8.07. The first-order chi connectivity index (χ1) is 8.40. The van der Waals surface area contributed by atoms with E-state index in [1.807, 2.05) is 19.9 Å². The van der Waals surface area contributed by atoms with Gasteiger partial charge in [-0.05, 0) is 50.5 Å². The van der Waals surface area contributed by atoms with Crippen molar-refractivity contribution < 1.29 is 14.6 Å². The van der Waals surface area contributed by atoms with E-state index < -0.39 is 5.97 Å². The molecule has 0 saturated carbocycles. The summed E-state index contributed by atoms with van der Waals surface area (Å²) in [6, 6.07) is 4.13. The van der Waals surface area contributed by atoms with Crippen LogP contribution in [0, 0.1) is 20.8 Å². The number of carbonyl (C=O) groups is 1. The van der Waals surface area contributed by atoms with E-state index in [-0.39, 0.29) is 6.10 Å². The van der Waals surface area contributed by atoms with Gasteiger partial charge in [0.25, 0.3) is 0 Å². The van der Waals surface area contributed by atoms with Gasteiger partial charge < -0.3 is 9.84 Å². The highest BCUT2D eigenvalue weighted by Gasteiger charge is 2.07. The largest absolute Gasteiger partial charge is 0.490 e. The van der Waals surface area contributed by atoms with Gasteiger partial charge in [0.2, 0.25) is 0 Å². The predicted molar refractivity (Wildman–Crippen MR) is 72.1 cm³/mol. The Kier molecular flexibility index (Phi) is 4.95. The van der Waals surface area contributed by atoms with E-state index in [4.69, 9.17) is 9.84 Å². The van der Waals surface area contributed by atoms with E-state index >= 15 is 0 Å². The molecule has 3 nitrogen and oxygen atoms in total.